The SMILES string of the molecule is COC1C(O)[C@@H]([n+]2cn(C)c3c(=O)[nH]c(N)nc32)O[C@H]1COP(=O)(O)OP(=O)(O)OP(=O)(O)OC[C@H]1O[C@@H](n2cnc3c(=O)[nH]c(N)nc32)[C@@H](OC)[C@H]1OP(=O)(O)OC[C@H]1O[C@@H](n2cnc3c(=O)[nH]c(N)nc32)C(O)[C@H]1O. The van der Waals surface area contributed by atoms with E-state index in [1.807, 2.05) is 0 Å². The summed E-state index contributed by atoms with van der Waals surface area (Å²) in [7, 11) is -19.9. The minimum atomic E-state index is -6.21. The summed E-state index contributed by atoms with van der Waals surface area (Å²) in [4.78, 5) is 107. The van der Waals surface area contributed by atoms with Gasteiger partial charge >= 0.3 is 36.9 Å². The highest BCUT2D eigenvalue weighted by Gasteiger charge is 2.54. The van der Waals surface area contributed by atoms with Gasteiger partial charge in [-0.05, 0) is 0 Å². The quantitative estimate of drug-likeness (QED) is 0.0252. The topological polar surface area (TPSA) is 571 Å². The standard InChI is InChI=1S/C33H45N15O25P4/c1-45-9-48(24-15(45)27(54)44-33(36)41-24)29-18(51)19(63-2)11(69-29)5-66-75(57,58)72-77(61,62)73-76(59,60)67-6-12-20(21(64-3)30(70-12)47-8-38-14-23(47)40-32(35)43-26(14)53)71-74(55,56)65-4-10-16(49)17(50)28(68-10)46-7-37-13-22(46)39-31(34)42-25(13)52/h7-12,16-21,28-30,49-51H,4-6H2,1-3H3,(H12-,34,35,36,39,40,41,42,43,44,52,53,54,55,56,57,58,59,60,61,62)/p+1/t10-,11+,12-,16+,17?,18?,19?,20+,21+,28-,29+,30-/m1/s1. The van der Waals surface area contributed by atoms with Crippen LogP contribution >= 0.6 is 31.3 Å². The summed E-state index contributed by atoms with van der Waals surface area (Å²) < 4.78 is 115. The summed E-state index contributed by atoms with van der Waals surface area (Å²) in [6.45, 7) is -3.35. The number of ether oxygens (including phenoxy) is 5. The fourth-order valence-electron chi connectivity index (χ4n) is 8.64. The Bertz CT molecular complexity index is 3610. The molecule has 3 aliphatic rings. The third-order valence-electron chi connectivity index (χ3n) is 11.9. The van der Waals surface area contributed by atoms with Gasteiger partial charge in [0.25, 0.3) is 22.6 Å². The van der Waals surface area contributed by atoms with Crippen molar-refractivity contribution in [3.63, 3.8) is 0 Å². The Morgan fingerprint density at radius 3 is 1.66 bits per heavy atom. The average molecular weight is 1180 g/mol. The number of nitrogens with two attached hydrogens (primary N) is 3. The Morgan fingerprint density at radius 1 is 0.623 bits per heavy atom. The van der Waals surface area contributed by atoms with Crippen LogP contribution in [0.1, 0.15) is 18.7 Å². The number of nitrogens with one attached hydrogen (secondary N) is 3. The van der Waals surface area contributed by atoms with E-state index in [0.29, 0.717) is 0 Å². The number of methoxy groups -OCH3 is 2. The smallest absolute Gasteiger partial charge is 0.387 e. The maximum Gasteiger partial charge on any atom is 0.490 e. The van der Waals surface area contributed by atoms with Crippen molar-refractivity contribution in [3.8, 4) is 0 Å². The first-order chi connectivity index (χ1) is 36.1. The summed E-state index contributed by atoms with van der Waals surface area (Å²) in [6.07, 6.45) is -16.3. The molecule has 3 aliphatic heterocycles. The number of H-pyrrole nitrogens is 3. The fraction of sp³-hybridized carbons (Fsp3) is 0.545. The van der Waals surface area contributed by atoms with Crippen LogP contribution < -0.4 is 38.4 Å². The third kappa shape index (κ3) is 11.3. The van der Waals surface area contributed by atoms with Crippen LogP contribution in [0.2, 0.25) is 0 Å². The van der Waals surface area contributed by atoms with Crippen LogP contribution in [0.3, 0.4) is 0 Å². The third-order valence-corrected chi connectivity index (χ3v) is 17.1. The van der Waals surface area contributed by atoms with Crippen molar-refractivity contribution in [2.45, 2.75) is 73.6 Å². The number of nitrogens with zero attached hydrogens (tertiary/aromatic N) is 9. The second-order valence-corrected chi connectivity index (χ2v) is 22.9. The van der Waals surface area contributed by atoms with Crippen LogP contribution in [-0.2, 0) is 75.7 Å². The van der Waals surface area contributed by atoms with Crippen molar-refractivity contribution < 1.29 is 108 Å². The first-order valence-electron chi connectivity index (χ1n) is 21.7. The zero-order valence-corrected chi connectivity index (χ0v) is 42.9. The second-order valence-electron chi connectivity index (χ2n) is 16.9. The van der Waals surface area contributed by atoms with Crippen LogP contribution in [0.5, 0.6) is 0 Å². The van der Waals surface area contributed by atoms with Gasteiger partial charge in [0.05, 0.1) is 39.5 Å². The molecule has 0 saturated carbocycles. The van der Waals surface area contributed by atoms with Gasteiger partial charge in [-0.25, -0.2) is 32.8 Å². The molecular formula is C33H46N15O25P4+. The molecule has 0 aliphatic carbocycles. The molecule has 3 fully saturated rings. The van der Waals surface area contributed by atoms with Gasteiger partial charge in [0.15, 0.2) is 41.1 Å². The molecule has 6 aromatic heterocycles. The van der Waals surface area contributed by atoms with Gasteiger partial charge in [0, 0.05) is 14.2 Å². The number of aliphatic hydroxyl groups is 3. The number of aryl methyl sites for hydroxylation is 1. The maximum atomic E-state index is 13.7. The lowest BCUT2D eigenvalue weighted by atomic mass is 10.1. The highest BCUT2D eigenvalue weighted by atomic mass is 31.3. The lowest BCUT2D eigenvalue weighted by molar-refractivity contribution is -0.745. The summed E-state index contributed by atoms with van der Waals surface area (Å²) >= 11 is 0. The fourth-order valence-corrected chi connectivity index (χ4v) is 13.1. The number of nitrogen functional groups attached to an aromatic ring is 3. The van der Waals surface area contributed by atoms with Crippen LogP contribution in [-0.4, -0.2) is 177 Å². The van der Waals surface area contributed by atoms with Crippen molar-refractivity contribution in [1.29, 1.82) is 0 Å². The molecule has 0 spiro atoms. The molecular weight excluding hydrogens is 1130 g/mol. The largest absolute Gasteiger partial charge is 0.490 e. The number of fused-ring (bicyclic) bond motifs is 3. The van der Waals surface area contributed by atoms with E-state index in [1.165, 1.54) is 22.5 Å². The molecule has 7 unspecified atom stereocenters. The maximum absolute atomic E-state index is 13.7. The van der Waals surface area contributed by atoms with E-state index in [2.05, 4.69) is 48.5 Å². The van der Waals surface area contributed by atoms with Crippen LogP contribution in [0.25, 0.3) is 33.5 Å². The molecule has 0 aromatic carbocycles. The van der Waals surface area contributed by atoms with E-state index in [-0.39, 0.29) is 45.4 Å². The molecule has 3 saturated heterocycles. The van der Waals surface area contributed by atoms with Crippen molar-refractivity contribution >= 4 is 82.6 Å². The van der Waals surface area contributed by atoms with Crippen molar-refractivity contribution in [1.82, 2.24) is 53.6 Å². The minimum Gasteiger partial charge on any atom is -0.387 e. The van der Waals surface area contributed by atoms with Crippen molar-refractivity contribution in [3.05, 3.63) is 50.0 Å². The number of anilines is 3. The molecule has 44 heteroatoms. The number of phosphoric acid groups is 4. The first kappa shape index (κ1) is 56.4. The Kier molecular flexibility index (Phi) is 15.4. The van der Waals surface area contributed by atoms with E-state index in [0.717, 1.165) is 36.0 Å². The number of imidazole rings is 3. The van der Waals surface area contributed by atoms with Crippen molar-refractivity contribution in [2.24, 2.45) is 7.05 Å². The molecule has 16 N–H and O–H groups in total. The van der Waals surface area contributed by atoms with Crippen LogP contribution in [0, 0.1) is 0 Å². The van der Waals surface area contributed by atoms with Gasteiger partial charge < -0.3 is 75.8 Å². The molecule has 0 amide bonds. The van der Waals surface area contributed by atoms with Gasteiger partial charge in [-0.15, -0.1) is 0 Å². The molecule has 16 atom stereocenters. The lowest BCUT2D eigenvalue weighted by Gasteiger charge is -2.26. The Hall–Kier alpha value is -5.35. The molecule has 40 nitrogen and oxygen atoms in total. The van der Waals surface area contributed by atoms with E-state index in [1.54, 1.807) is 0 Å². The number of aromatic amines is 3. The lowest BCUT2D eigenvalue weighted by Crippen LogP contribution is -2.46. The highest BCUT2D eigenvalue weighted by Crippen LogP contribution is 2.68. The Morgan fingerprint density at radius 2 is 1.10 bits per heavy atom. The van der Waals surface area contributed by atoms with E-state index < -0.39 is 147 Å². The molecule has 0 bridgehead atoms. The summed E-state index contributed by atoms with van der Waals surface area (Å²) in [6, 6.07) is 0. The van der Waals surface area contributed by atoms with Gasteiger partial charge in [-0.2, -0.15) is 18.6 Å². The summed E-state index contributed by atoms with van der Waals surface area (Å²) in [5, 5.41) is 32.8. The second kappa shape index (κ2) is 21.0. The minimum absolute atomic E-state index is 0.0132. The van der Waals surface area contributed by atoms with E-state index in [4.69, 9.17) is 59.0 Å². The van der Waals surface area contributed by atoms with Gasteiger partial charge in [-0.1, -0.05) is 4.98 Å². The molecule has 422 valence electrons. The molecule has 77 heavy (non-hydrogen) atoms. The van der Waals surface area contributed by atoms with Gasteiger partial charge in [0.2, 0.25) is 23.6 Å². The predicted octanol–water partition coefficient (Wildman–Crippen LogP) is -4.76. The first-order valence-corrected chi connectivity index (χ1v) is 27.7. The normalized spacial score (nSPS) is 30.0. The molecule has 6 aromatic rings. The number of phosphoric ester groups is 3. The predicted molar refractivity (Wildman–Crippen MR) is 247 cm³/mol. The van der Waals surface area contributed by atoms with Crippen LogP contribution in [0.4, 0.5) is 17.8 Å². The van der Waals surface area contributed by atoms with Crippen molar-refractivity contribution in [2.75, 3.05) is 51.2 Å². The number of aromatic nitrogens is 12. The van der Waals surface area contributed by atoms with E-state index >= 15 is 0 Å². The number of hydrogen-bond acceptors (Lipinski definition) is 29. The number of rotatable bonds is 20. The monoisotopic (exact) mass is 1180 g/mol. The summed E-state index contributed by atoms with van der Waals surface area (Å²) in [5.74, 6) is -1.01. The number of hydrogen-bond donors (Lipinski definition) is 13. The Labute approximate surface area is 425 Å². The van der Waals surface area contributed by atoms with Gasteiger partial charge in [-0.3, -0.25) is 61.1 Å². The highest BCUT2D eigenvalue weighted by molar-refractivity contribution is 7.66. The summed E-state index contributed by atoms with van der Waals surface area (Å²) in [5.41, 5.74) is 13.9. The number of aliphatic hydroxyl groups excluding tert-OH is 3. The molecule has 9 rings (SSSR count). The Balaban J connectivity index is 0.875. The zero-order chi connectivity index (χ0) is 55.8. The molecule has 9 heterocycles. The zero-order valence-electron chi connectivity index (χ0n) is 39.3. The average Bonchev–Trinajstić information content (AvgIpc) is 4.22. The van der Waals surface area contributed by atoms with Crippen LogP contribution in [0.15, 0.2) is 33.4 Å². The van der Waals surface area contributed by atoms with E-state index in [9.17, 15) is 67.5 Å². The molecule has 0 radical (unpaired) electrons. The van der Waals surface area contributed by atoms with Gasteiger partial charge in [0.1, 0.15) is 54.9 Å².